The number of unbranched alkanes of at least 4 members (excludes halogenated alkanes) is 4. The maximum absolute atomic E-state index is 11.9. The third-order valence-corrected chi connectivity index (χ3v) is 3.40. The van der Waals surface area contributed by atoms with Crippen molar-refractivity contribution in [2.24, 2.45) is 11.5 Å². The number of likely N-dealkylation sites (N-methyl/N-ethyl adjacent to an activating group) is 1. The molecule has 7 N–H and O–H groups in total. The Balaban J connectivity index is 4.09. The minimum atomic E-state index is -0.506. The number of carbonyl (C=O) groups excluding carboxylic acids is 2. The van der Waals surface area contributed by atoms with E-state index < -0.39 is 6.04 Å². The molecule has 2 amide bonds. The first-order valence-electron chi connectivity index (χ1n) is 8.14. The molecule has 0 rings (SSSR count). The van der Waals surface area contributed by atoms with Crippen molar-refractivity contribution in [3.8, 4) is 0 Å². The molecule has 7 heteroatoms. The summed E-state index contributed by atoms with van der Waals surface area (Å²) < 4.78 is 0. The molecular weight excluding hydrogens is 282 g/mol. The van der Waals surface area contributed by atoms with Crippen molar-refractivity contribution < 1.29 is 14.6 Å². The molecule has 0 fully saturated rings. The zero-order valence-corrected chi connectivity index (χ0v) is 13.9. The first-order valence-corrected chi connectivity index (χ1v) is 8.14. The highest BCUT2D eigenvalue weighted by atomic mass is 16.2. The summed E-state index contributed by atoms with van der Waals surface area (Å²) in [5.41, 5.74) is 10.6. The molecule has 0 radical (unpaired) electrons. The van der Waals surface area contributed by atoms with Gasteiger partial charge in [-0.1, -0.05) is 32.6 Å². The second kappa shape index (κ2) is 12.9. The summed E-state index contributed by atoms with van der Waals surface area (Å²) in [5, 5.41) is 5.37. The van der Waals surface area contributed by atoms with Crippen LogP contribution in [0, 0.1) is 0 Å². The number of hydrogen-bond acceptors (Lipinski definition) is 2. The molecule has 0 spiro atoms. The van der Waals surface area contributed by atoms with Crippen LogP contribution in [0.3, 0.4) is 0 Å². The highest BCUT2D eigenvalue weighted by Crippen LogP contribution is 2.05. The lowest BCUT2D eigenvalue weighted by atomic mass is 10.1. The highest BCUT2D eigenvalue weighted by molar-refractivity contribution is 5.87. The number of nitrogens with one attached hydrogen (secondary N) is 3. The summed E-state index contributed by atoms with van der Waals surface area (Å²) in [5.74, 6) is -0.0837. The molecule has 0 aliphatic heterocycles. The van der Waals surface area contributed by atoms with Crippen LogP contribution >= 0.6 is 0 Å². The van der Waals surface area contributed by atoms with Gasteiger partial charge in [0, 0.05) is 13.5 Å². The fraction of sp³-hybridized carbons (Fsp3) is 0.800. The van der Waals surface area contributed by atoms with Crippen LogP contribution in [0.4, 0.5) is 0 Å². The van der Waals surface area contributed by atoms with Crippen molar-refractivity contribution >= 4 is 17.8 Å². The Kier molecular flexibility index (Phi) is 11.9. The average molecular weight is 314 g/mol. The SMILES string of the molecule is CCCCCCCC(=O)NC(CCC[NH+]=C(N)N)C(=O)NC. The monoisotopic (exact) mass is 314 g/mol. The number of hydrogen-bond donors (Lipinski definition) is 5. The van der Waals surface area contributed by atoms with Gasteiger partial charge in [-0.05, 0) is 19.3 Å². The highest BCUT2D eigenvalue weighted by Gasteiger charge is 2.18. The number of carbonyl (C=O) groups is 2. The summed E-state index contributed by atoms with van der Waals surface area (Å²) >= 11 is 0. The Bertz CT molecular complexity index is 354. The van der Waals surface area contributed by atoms with Gasteiger partial charge in [-0.3, -0.25) is 26.0 Å². The predicted molar refractivity (Wildman–Crippen MR) is 87.8 cm³/mol. The zero-order valence-electron chi connectivity index (χ0n) is 13.9. The van der Waals surface area contributed by atoms with Gasteiger partial charge in [0.15, 0.2) is 0 Å². The second-order valence-electron chi connectivity index (χ2n) is 5.42. The van der Waals surface area contributed by atoms with E-state index in [4.69, 9.17) is 11.5 Å². The Morgan fingerprint density at radius 1 is 1.09 bits per heavy atom. The summed E-state index contributed by atoms with van der Waals surface area (Å²) in [6.45, 7) is 2.73. The Morgan fingerprint density at radius 2 is 1.77 bits per heavy atom. The van der Waals surface area contributed by atoms with E-state index in [0.717, 1.165) is 19.3 Å². The number of amides is 2. The lowest BCUT2D eigenvalue weighted by Crippen LogP contribution is -2.78. The van der Waals surface area contributed by atoms with E-state index in [1.54, 1.807) is 7.05 Å². The Morgan fingerprint density at radius 3 is 2.36 bits per heavy atom. The lowest BCUT2D eigenvalue weighted by molar-refractivity contribution is -0.459. The van der Waals surface area contributed by atoms with E-state index in [2.05, 4.69) is 22.5 Å². The minimum absolute atomic E-state index is 0.0667. The molecule has 7 nitrogen and oxygen atoms in total. The van der Waals surface area contributed by atoms with E-state index in [1.165, 1.54) is 12.8 Å². The Labute approximate surface area is 133 Å². The van der Waals surface area contributed by atoms with Crippen LogP contribution in [0.5, 0.6) is 0 Å². The van der Waals surface area contributed by atoms with Gasteiger partial charge in [-0.25, -0.2) is 0 Å². The standard InChI is InChI=1S/C15H31N5O2/c1-3-4-5-6-7-10-13(21)20-12(14(22)18-2)9-8-11-19-15(16)17/h12H,3-11H2,1-2H3,(H,18,22)(H,20,21)(H4,16,17,19)/p+1. The van der Waals surface area contributed by atoms with E-state index in [-0.39, 0.29) is 17.8 Å². The molecule has 0 heterocycles. The molecule has 0 saturated carbocycles. The van der Waals surface area contributed by atoms with Crippen LogP contribution in [0.1, 0.15) is 58.3 Å². The molecule has 0 aliphatic rings. The van der Waals surface area contributed by atoms with Crippen molar-refractivity contribution in [1.29, 1.82) is 0 Å². The van der Waals surface area contributed by atoms with Crippen LogP contribution in [0.15, 0.2) is 0 Å². The maximum atomic E-state index is 11.9. The molecule has 128 valence electrons. The van der Waals surface area contributed by atoms with Crippen molar-refractivity contribution in [2.45, 2.75) is 64.3 Å². The fourth-order valence-electron chi connectivity index (χ4n) is 2.14. The average Bonchev–Trinajstić information content (AvgIpc) is 2.49. The van der Waals surface area contributed by atoms with Gasteiger partial charge in [0.05, 0.1) is 6.54 Å². The molecule has 0 aliphatic carbocycles. The van der Waals surface area contributed by atoms with Crippen LogP contribution in [0.25, 0.3) is 0 Å². The number of guanidine groups is 1. The van der Waals surface area contributed by atoms with E-state index in [1.807, 2.05) is 0 Å². The van der Waals surface area contributed by atoms with Gasteiger partial charge in [0.1, 0.15) is 6.04 Å². The summed E-state index contributed by atoms with van der Waals surface area (Å²) in [4.78, 5) is 26.5. The number of nitrogens with two attached hydrogens (primary N) is 2. The van der Waals surface area contributed by atoms with Gasteiger partial charge in [-0.15, -0.1) is 0 Å². The molecule has 0 bridgehead atoms. The smallest absolute Gasteiger partial charge is 0.338 e. The van der Waals surface area contributed by atoms with Gasteiger partial charge < -0.3 is 10.6 Å². The van der Waals surface area contributed by atoms with Crippen LogP contribution < -0.4 is 27.1 Å². The second-order valence-corrected chi connectivity index (χ2v) is 5.42. The molecule has 0 aromatic carbocycles. The van der Waals surface area contributed by atoms with E-state index in [9.17, 15) is 9.59 Å². The van der Waals surface area contributed by atoms with Gasteiger partial charge in [-0.2, -0.15) is 0 Å². The third-order valence-electron chi connectivity index (χ3n) is 3.40. The van der Waals surface area contributed by atoms with E-state index in [0.29, 0.717) is 25.8 Å². The van der Waals surface area contributed by atoms with E-state index >= 15 is 0 Å². The van der Waals surface area contributed by atoms with Crippen molar-refractivity contribution in [2.75, 3.05) is 13.6 Å². The Hall–Kier alpha value is -1.79. The molecule has 1 atom stereocenters. The summed E-state index contributed by atoms with van der Waals surface area (Å²) in [6.07, 6.45) is 7.17. The van der Waals surface area contributed by atoms with Gasteiger partial charge in [0.25, 0.3) is 0 Å². The predicted octanol–water partition coefficient (Wildman–Crippen LogP) is -1.29. The zero-order chi connectivity index (χ0) is 16.8. The third kappa shape index (κ3) is 10.9. The number of rotatable bonds is 12. The largest absolute Gasteiger partial charge is 0.357 e. The lowest BCUT2D eigenvalue weighted by Gasteiger charge is -2.16. The van der Waals surface area contributed by atoms with Crippen molar-refractivity contribution in [1.82, 2.24) is 10.6 Å². The molecule has 0 saturated heterocycles. The fourth-order valence-corrected chi connectivity index (χ4v) is 2.14. The quantitative estimate of drug-likeness (QED) is 0.175. The maximum Gasteiger partial charge on any atom is 0.338 e. The van der Waals surface area contributed by atoms with Gasteiger partial charge in [0.2, 0.25) is 11.8 Å². The molecule has 0 aromatic rings. The minimum Gasteiger partial charge on any atom is -0.357 e. The van der Waals surface area contributed by atoms with Crippen LogP contribution in [-0.4, -0.2) is 37.4 Å². The first-order chi connectivity index (χ1) is 10.5. The van der Waals surface area contributed by atoms with Crippen LogP contribution in [-0.2, 0) is 9.59 Å². The molecule has 1 unspecified atom stereocenters. The first kappa shape index (κ1) is 20.2. The van der Waals surface area contributed by atoms with Gasteiger partial charge >= 0.3 is 5.96 Å². The normalized spacial score (nSPS) is 11.5. The van der Waals surface area contributed by atoms with Crippen LogP contribution in [0.2, 0.25) is 0 Å². The van der Waals surface area contributed by atoms with Crippen molar-refractivity contribution in [3.63, 3.8) is 0 Å². The molecular formula is C15H32N5O2+. The molecule has 0 aromatic heterocycles. The molecule has 22 heavy (non-hydrogen) atoms. The van der Waals surface area contributed by atoms with Crippen molar-refractivity contribution in [3.05, 3.63) is 0 Å². The topological polar surface area (TPSA) is 124 Å². The summed E-state index contributed by atoms with van der Waals surface area (Å²) in [7, 11) is 1.57. The summed E-state index contributed by atoms with van der Waals surface area (Å²) in [6, 6.07) is -0.506.